The first-order valence-electron chi connectivity index (χ1n) is 6.66. The highest BCUT2D eigenvalue weighted by Crippen LogP contribution is 2.38. The minimum atomic E-state index is -0.0311. The summed E-state index contributed by atoms with van der Waals surface area (Å²) in [6.45, 7) is 4.51. The van der Waals surface area contributed by atoms with Gasteiger partial charge in [0.1, 0.15) is 5.76 Å². The van der Waals surface area contributed by atoms with Gasteiger partial charge in [-0.15, -0.1) is 0 Å². The van der Waals surface area contributed by atoms with E-state index >= 15 is 0 Å². The lowest BCUT2D eigenvalue weighted by Crippen LogP contribution is -2.23. The average molecular weight is 258 g/mol. The number of aromatic nitrogens is 1. The van der Waals surface area contributed by atoms with Gasteiger partial charge in [-0.2, -0.15) is 0 Å². The molecule has 0 saturated heterocycles. The van der Waals surface area contributed by atoms with E-state index in [4.69, 9.17) is 4.42 Å². The van der Waals surface area contributed by atoms with E-state index in [0.717, 1.165) is 17.0 Å². The Balaban J connectivity index is 1.74. The van der Waals surface area contributed by atoms with Crippen LogP contribution in [0.5, 0.6) is 0 Å². The summed E-state index contributed by atoms with van der Waals surface area (Å²) in [5.74, 6) is 0.737. The SMILES string of the molecule is Cc1cc(C(=O)NCc2ccco2)c(C)n1C1CC1. The highest BCUT2D eigenvalue weighted by atomic mass is 16.3. The molecule has 4 heteroatoms. The number of carbonyl (C=O) groups is 1. The Morgan fingerprint density at radius 3 is 2.89 bits per heavy atom. The molecule has 0 unspecified atom stereocenters. The van der Waals surface area contributed by atoms with Crippen LogP contribution in [0.25, 0.3) is 0 Å². The summed E-state index contributed by atoms with van der Waals surface area (Å²) >= 11 is 0. The van der Waals surface area contributed by atoms with Gasteiger partial charge in [-0.1, -0.05) is 0 Å². The van der Waals surface area contributed by atoms with Gasteiger partial charge in [0.2, 0.25) is 0 Å². The Hall–Kier alpha value is -1.97. The summed E-state index contributed by atoms with van der Waals surface area (Å²) in [5.41, 5.74) is 3.01. The smallest absolute Gasteiger partial charge is 0.253 e. The Labute approximate surface area is 112 Å². The molecule has 4 nitrogen and oxygen atoms in total. The number of nitrogens with zero attached hydrogens (tertiary/aromatic N) is 1. The van der Waals surface area contributed by atoms with Crippen molar-refractivity contribution in [2.75, 3.05) is 0 Å². The molecule has 0 spiro atoms. The maximum absolute atomic E-state index is 12.2. The third-order valence-corrected chi connectivity index (χ3v) is 3.64. The van der Waals surface area contributed by atoms with Crippen LogP contribution >= 0.6 is 0 Å². The molecular weight excluding hydrogens is 240 g/mol. The largest absolute Gasteiger partial charge is 0.467 e. The minimum Gasteiger partial charge on any atom is -0.467 e. The molecule has 2 heterocycles. The number of carbonyl (C=O) groups excluding carboxylic acids is 1. The quantitative estimate of drug-likeness (QED) is 0.916. The summed E-state index contributed by atoms with van der Waals surface area (Å²) < 4.78 is 7.49. The van der Waals surface area contributed by atoms with Gasteiger partial charge in [0.05, 0.1) is 18.4 Å². The van der Waals surface area contributed by atoms with Crippen molar-refractivity contribution in [3.05, 3.63) is 47.2 Å². The molecule has 0 radical (unpaired) electrons. The molecule has 1 amide bonds. The fourth-order valence-electron chi connectivity index (χ4n) is 2.58. The van der Waals surface area contributed by atoms with Crippen LogP contribution in [0.3, 0.4) is 0 Å². The Morgan fingerprint density at radius 2 is 2.26 bits per heavy atom. The van der Waals surface area contributed by atoms with E-state index in [1.54, 1.807) is 6.26 Å². The third-order valence-electron chi connectivity index (χ3n) is 3.64. The van der Waals surface area contributed by atoms with Gasteiger partial charge in [-0.25, -0.2) is 0 Å². The van der Waals surface area contributed by atoms with Gasteiger partial charge in [0.25, 0.3) is 5.91 Å². The van der Waals surface area contributed by atoms with Crippen LogP contribution in [0.1, 0.15) is 46.4 Å². The molecule has 0 aliphatic heterocycles. The summed E-state index contributed by atoms with van der Waals surface area (Å²) in [6.07, 6.45) is 4.06. The number of hydrogen-bond donors (Lipinski definition) is 1. The average Bonchev–Trinajstić information content (AvgIpc) is 2.98. The fourth-order valence-corrected chi connectivity index (χ4v) is 2.58. The molecule has 1 aliphatic carbocycles. The molecule has 1 saturated carbocycles. The topological polar surface area (TPSA) is 47.2 Å². The summed E-state index contributed by atoms with van der Waals surface area (Å²) in [5, 5.41) is 2.90. The molecule has 0 atom stereocenters. The minimum absolute atomic E-state index is 0.0311. The summed E-state index contributed by atoms with van der Waals surface area (Å²) in [6, 6.07) is 6.26. The number of rotatable bonds is 4. The highest BCUT2D eigenvalue weighted by molar-refractivity contribution is 5.95. The van der Waals surface area contributed by atoms with E-state index in [1.165, 1.54) is 18.5 Å². The molecule has 0 bridgehead atoms. The van der Waals surface area contributed by atoms with Gasteiger partial charge in [0.15, 0.2) is 0 Å². The maximum Gasteiger partial charge on any atom is 0.253 e. The van der Waals surface area contributed by atoms with E-state index in [-0.39, 0.29) is 5.91 Å². The Bertz CT molecular complexity index is 592. The second kappa shape index (κ2) is 4.61. The second-order valence-corrected chi connectivity index (χ2v) is 5.15. The van der Waals surface area contributed by atoms with E-state index in [0.29, 0.717) is 12.6 Å². The van der Waals surface area contributed by atoms with Gasteiger partial charge in [-0.3, -0.25) is 4.79 Å². The van der Waals surface area contributed by atoms with Crippen molar-refractivity contribution in [3.63, 3.8) is 0 Å². The van der Waals surface area contributed by atoms with E-state index in [1.807, 2.05) is 25.1 Å². The molecular formula is C15H18N2O2. The molecule has 1 fully saturated rings. The molecule has 100 valence electrons. The van der Waals surface area contributed by atoms with Crippen molar-refractivity contribution < 1.29 is 9.21 Å². The zero-order chi connectivity index (χ0) is 13.4. The molecule has 2 aromatic heterocycles. The molecule has 3 rings (SSSR count). The first-order chi connectivity index (χ1) is 9.16. The lowest BCUT2D eigenvalue weighted by molar-refractivity contribution is 0.0947. The monoisotopic (exact) mass is 258 g/mol. The first-order valence-corrected chi connectivity index (χ1v) is 6.66. The Morgan fingerprint density at radius 1 is 1.47 bits per heavy atom. The zero-order valence-electron chi connectivity index (χ0n) is 11.3. The van der Waals surface area contributed by atoms with Gasteiger partial charge >= 0.3 is 0 Å². The van der Waals surface area contributed by atoms with Crippen molar-refractivity contribution in [1.82, 2.24) is 9.88 Å². The number of furan rings is 1. The van der Waals surface area contributed by atoms with E-state index in [2.05, 4.69) is 16.8 Å². The summed E-state index contributed by atoms with van der Waals surface area (Å²) in [4.78, 5) is 12.2. The molecule has 2 aromatic rings. The predicted molar refractivity (Wildman–Crippen MR) is 72.1 cm³/mol. The predicted octanol–water partition coefficient (Wildman–Crippen LogP) is 2.96. The van der Waals surface area contributed by atoms with Crippen molar-refractivity contribution in [2.24, 2.45) is 0 Å². The summed E-state index contributed by atoms with van der Waals surface area (Å²) in [7, 11) is 0. The van der Waals surface area contributed by atoms with Gasteiger partial charge < -0.3 is 14.3 Å². The Kier molecular flexibility index (Phi) is 2.93. The maximum atomic E-state index is 12.2. The van der Waals surface area contributed by atoms with Crippen LogP contribution in [-0.2, 0) is 6.54 Å². The highest BCUT2D eigenvalue weighted by Gasteiger charge is 2.28. The number of amides is 1. The normalized spacial score (nSPS) is 14.6. The van der Waals surface area contributed by atoms with Crippen LogP contribution in [0.15, 0.2) is 28.9 Å². The lowest BCUT2D eigenvalue weighted by atomic mass is 10.2. The molecule has 1 N–H and O–H groups in total. The van der Waals surface area contributed by atoms with Crippen LogP contribution in [-0.4, -0.2) is 10.5 Å². The van der Waals surface area contributed by atoms with Crippen LogP contribution in [0.4, 0.5) is 0 Å². The number of aryl methyl sites for hydroxylation is 1. The van der Waals surface area contributed by atoms with Gasteiger partial charge in [0, 0.05) is 17.4 Å². The lowest BCUT2D eigenvalue weighted by Gasteiger charge is -2.07. The fraction of sp³-hybridized carbons (Fsp3) is 0.400. The zero-order valence-corrected chi connectivity index (χ0v) is 11.3. The second-order valence-electron chi connectivity index (χ2n) is 5.15. The van der Waals surface area contributed by atoms with Crippen LogP contribution < -0.4 is 5.32 Å². The third kappa shape index (κ3) is 2.30. The first kappa shape index (κ1) is 12.1. The van der Waals surface area contributed by atoms with E-state index in [9.17, 15) is 4.79 Å². The molecule has 1 aliphatic rings. The number of nitrogens with one attached hydrogen (secondary N) is 1. The van der Waals surface area contributed by atoms with Crippen molar-refractivity contribution in [1.29, 1.82) is 0 Å². The number of hydrogen-bond acceptors (Lipinski definition) is 2. The van der Waals surface area contributed by atoms with Crippen molar-refractivity contribution >= 4 is 5.91 Å². The molecule has 19 heavy (non-hydrogen) atoms. The van der Waals surface area contributed by atoms with Crippen LogP contribution in [0.2, 0.25) is 0 Å². The van der Waals surface area contributed by atoms with Crippen molar-refractivity contribution in [2.45, 2.75) is 39.3 Å². The van der Waals surface area contributed by atoms with E-state index < -0.39 is 0 Å². The molecule has 0 aromatic carbocycles. The standard InChI is InChI=1S/C15H18N2O2/c1-10-8-14(11(2)17(10)12-5-6-12)15(18)16-9-13-4-3-7-19-13/h3-4,7-8,12H,5-6,9H2,1-2H3,(H,16,18). The van der Waals surface area contributed by atoms with Crippen molar-refractivity contribution in [3.8, 4) is 0 Å². The van der Waals surface area contributed by atoms with Crippen LogP contribution in [0, 0.1) is 13.8 Å². The van der Waals surface area contributed by atoms with Gasteiger partial charge in [-0.05, 0) is 44.9 Å².